The van der Waals surface area contributed by atoms with Crippen LogP contribution in [0.25, 0.3) is 0 Å². The van der Waals surface area contributed by atoms with Gasteiger partial charge in [-0.15, -0.1) is 0 Å². The third-order valence-corrected chi connectivity index (χ3v) is 4.37. The van der Waals surface area contributed by atoms with Gasteiger partial charge in [-0.2, -0.15) is 5.10 Å². The molecule has 0 N–H and O–H groups in total. The van der Waals surface area contributed by atoms with Crippen LogP contribution >= 0.6 is 0 Å². The van der Waals surface area contributed by atoms with Crippen LogP contribution in [0.1, 0.15) is 50.3 Å². The summed E-state index contributed by atoms with van der Waals surface area (Å²) in [4.78, 5) is 21.0. The van der Waals surface area contributed by atoms with E-state index in [2.05, 4.69) is 9.84 Å². The maximum atomic E-state index is 12.9. The Bertz CT molecular complexity index is 600. The molecule has 1 aliphatic rings. The molecule has 0 aliphatic heterocycles. The largest absolute Gasteiger partial charge is 0.469 e. The molecular weight excluding hydrogens is 340 g/mol. The molecule has 0 amide bonds. The van der Waals surface area contributed by atoms with E-state index >= 15 is 0 Å². The second-order valence-corrected chi connectivity index (χ2v) is 6.01. The summed E-state index contributed by atoms with van der Waals surface area (Å²) in [6.45, 7) is 0.820. The maximum absolute atomic E-state index is 12.9. The first-order valence-corrected chi connectivity index (χ1v) is 8.08. The Morgan fingerprint density at radius 2 is 2.12 bits per heavy atom. The molecular formula is C15H21F2N3O5. The topological polar surface area (TPSA) is 96.5 Å². The van der Waals surface area contributed by atoms with E-state index in [4.69, 9.17) is 4.74 Å². The van der Waals surface area contributed by atoms with Gasteiger partial charge in [0.2, 0.25) is 5.69 Å². The lowest BCUT2D eigenvalue weighted by molar-refractivity contribution is -0.386. The van der Waals surface area contributed by atoms with Crippen LogP contribution in [0.3, 0.4) is 0 Å². The zero-order chi connectivity index (χ0) is 18.4. The van der Waals surface area contributed by atoms with Gasteiger partial charge in [0.05, 0.1) is 31.1 Å². The van der Waals surface area contributed by atoms with Gasteiger partial charge in [0.25, 0.3) is 6.43 Å². The number of carbonyl (C=O) groups is 1. The number of halogens is 2. The highest BCUT2D eigenvalue weighted by Crippen LogP contribution is 2.35. The highest BCUT2D eigenvalue weighted by molar-refractivity contribution is 5.69. The lowest BCUT2D eigenvalue weighted by atomic mass is 9.86. The molecule has 0 aromatic carbocycles. The zero-order valence-electron chi connectivity index (χ0n) is 13.9. The smallest absolute Gasteiger partial charge is 0.316 e. The van der Waals surface area contributed by atoms with Gasteiger partial charge < -0.3 is 9.47 Å². The SMILES string of the molecule is COC(=O)CCOCC1CCC(n2cc([N+](=O)[O-])c(C(F)F)n2)CC1. The summed E-state index contributed by atoms with van der Waals surface area (Å²) in [5.74, 6) is -0.00664. The molecule has 2 rings (SSSR count). The molecule has 0 unspecified atom stereocenters. The van der Waals surface area contributed by atoms with Gasteiger partial charge in [0.1, 0.15) is 6.20 Å². The van der Waals surface area contributed by atoms with E-state index < -0.39 is 22.7 Å². The van der Waals surface area contributed by atoms with Crippen molar-refractivity contribution in [2.45, 2.75) is 44.6 Å². The minimum atomic E-state index is -2.97. The van der Waals surface area contributed by atoms with E-state index in [0.29, 0.717) is 32.0 Å². The molecule has 1 aliphatic carbocycles. The van der Waals surface area contributed by atoms with Gasteiger partial charge in [-0.1, -0.05) is 0 Å². The minimum absolute atomic E-state index is 0.127. The van der Waals surface area contributed by atoms with Crippen LogP contribution in [0.5, 0.6) is 0 Å². The number of hydrogen-bond acceptors (Lipinski definition) is 6. The van der Waals surface area contributed by atoms with Crippen molar-refractivity contribution in [3.63, 3.8) is 0 Å². The molecule has 0 spiro atoms. The molecule has 1 saturated carbocycles. The first-order chi connectivity index (χ1) is 11.9. The lowest BCUT2D eigenvalue weighted by Gasteiger charge is -2.28. The van der Waals surface area contributed by atoms with Gasteiger partial charge in [-0.05, 0) is 31.6 Å². The van der Waals surface area contributed by atoms with Crippen LogP contribution in [0.15, 0.2) is 6.20 Å². The van der Waals surface area contributed by atoms with Crippen molar-refractivity contribution < 1.29 is 28.0 Å². The molecule has 1 aromatic heterocycles. The molecule has 0 radical (unpaired) electrons. The van der Waals surface area contributed by atoms with Crippen LogP contribution < -0.4 is 0 Å². The summed E-state index contributed by atoms with van der Waals surface area (Å²) in [7, 11) is 1.32. The second-order valence-electron chi connectivity index (χ2n) is 6.01. The summed E-state index contributed by atoms with van der Waals surface area (Å²) in [6.07, 6.45) is 1.32. The number of ether oxygens (including phenoxy) is 2. The predicted octanol–water partition coefficient (Wildman–Crippen LogP) is 3.04. The first kappa shape index (κ1) is 19.2. The number of nitrogens with zero attached hydrogens (tertiary/aromatic N) is 3. The minimum Gasteiger partial charge on any atom is -0.469 e. The molecule has 0 saturated heterocycles. The molecule has 1 fully saturated rings. The van der Waals surface area contributed by atoms with Crippen LogP contribution in [0.2, 0.25) is 0 Å². The van der Waals surface area contributed by atoms with E-state index in [9.17, 15) is 23.7 Å². The molecule has 140 valence electrons. The third-order valence-electron chi connectivity index (χ3n) is 4.37. The highest BCUT2D eigenvalue weighted by atomic mass is 19.3. The normalized spacial score (nSPS) is 20.6. The van der Waals surface area contributed by atoms with Crippen LogP contribution in [-0.4, -0.2) is 41.0 Å². The number of rotatable bonds is 8. The molecule has 0 bridgehead atoms. The fourth-order valence-corrected chi connectivity index (χ4v) is 2.96. The highest BCUT2D eigenvalue weighted by Gasteiger charge is 2.30. The Kier molecular flexibility index (Phi) is 6.80. The van der Waals surface area contributed by atoms with Crippen molar-refractivity contribution in [3.8, 4) is 0 Å². The van der Waals surface area contributed by atoms with E-state index in [1.54, 1.807) is 0 Å². The maximum Gasteiger partial charge on any atom is 0.316 e. The van der Waals surface area contributed by atoms with Crippen LogP contribution in [0, 0.1) is 16.0 Å². The van der Waals surface area contributed by atoms with Gasteiger partial charge in [-0.3, -0.25) is 19.6 Å². The standard InChI is InChI=1S/C15H21F2N3O5/c1-24-13(21)6-7-25-9-10-2-4-11(5-3-10)19-8-12(20(22)23)14(18-19)15(16)17/h8,10-11,15H,2-7,9H2,1H3. The lowest BCUT2D eigenvalue weighted by Crippen LogP contribution is -2.22. The van der Waals surface area contributed by atoms with Gasteiger partial charge in [0.15, 0.2) is 0 Å². The average Bonchev–Trinajstić information content (AvgIpc) is 3.05. The Morgan fingerprint density at radius 1 is 1.44 bits per heavy atom. The number of esters is 1. The first-order valence-electron chi connectivity index (χ1n) is 8.08. The third kappa shape index (κ3) is 5.18. The van der Waals surface area contributed by atoms with E-state index in [1.165, 1.54) is 11.8 Å². The van der Waals surface area contributed by atoms with E-state index in [-0.39, 0.29) is 18.4 Å². The van der Waals surface area contributed by atoms with Crippen molar-refractivity contribution in [3.05, 3.63) is 22.0 Å². The summed E-state index contributed by atoms with van der Waals surface area (Å²) in [5.41, 5.74) is -1.42. The molecule has 25 heavy (non-hydrogen) atoms. The number of carbonyl (C=O) groups excluding carboxylic acids is 1. The molecule has 8 nitrogen and oxygen atoms in total. The number of methoxy groups -OCH3 is 1. The number of hydrogen-bond donors (Lipinski definition) is 0. The van der Waals surface area contributed by atoms with Gasteiger partial charge >= 0.3 is 11.7 Å². The van der Waals surface area contributed by atoms with E-state index in [0.717, 1.165) is 19.0 Å². The Balaban J connectivity index is 1.83. The molecule has 1 aromatic rings. The van der Waals surface area contributed by atoms with E-state index in [1.807, 2.05) is 0 Å². The fourth-order valence-electron chi connectivity index (χ4n) is 2.96. The number of nitro groups is 1. The Morgan fingerprint density at radius 3 is 2.64 bits per heavy atom. The van der Waals surface area contributed by atoms with Crippen molar-refractivity contribution in [2.75, 3.05) is 20.3 Å². The molecule has 10 heteroatoms. The summed E-state index contributed by atoms with van der Waals surface area (Å²) in [5, 5.41) is 14.6. The summed E-state index contributed by atoms with van der Waals surface area (Å²) >= 11 is 0. The zero-order valence-corrected chi connectivity index (χ0v) is 13.9. The monoisotopic (exact) mass is 361 g/mol. The molecule has 1 heterocycles. The van der Waals surface area contributed by atoms with Crippen molar-refractivity contribution in [2.24, 2.45) is 5.92 Å². The summed E-state index contributed by atoms with van der Waals surface area (Å²) < 4.78 is 37.0. The fraction of sp³-hybridized carbons (Fsp3) is 0.733. The van der Waals surface area contributed by atoms with Crippen molar-refractivity contribution in [1.82, 2.24) is 9.78 Å². The van der Waals surface area contributed by atoms with Crippen molar-refractivity contribution in [1.29, 1.82) is 0 Å². The van der Waals surface area contributed by atoms with Gasteiger partial charge in [0, 0.05) is 6.61 Å². The quantitative estimate of drug-likeness (QED) is 0.306. The van der Waals surface area contributed by atoms with Crippen LogP contribution in [0.4, 0.5) is 14.5 Å². The Labute approximate surface area is 143 Å². The van der Waals surface area contributed by atoms with Crippen molar-refractivity contribution >= 4 is 11.7 Å². The Hall–Kier alpha value is -2.10. The number of alkyl halides is 2. The summed E-state index contributed by atoms with van der Waals surface area (Å²) in [6, 6.07) is -0.127. The molecule has 0 atom stereocenters. The van der Waals surface area contributed by atoms with Gasteiger partial charge in [-0.25, -0.2) is 8.78 Å². The second kappa shape index (κ2) is 8.84. The predicted molar refractivity (Wildman–Crippen MR) is 82.3 cm³/mol. The van der Waals surface area contributed by atoms with Crippen LogP contribution in [-0.2, 0) is 14.3 Å². The average molecular weight is 361 g/mol. The number of aromatic nitrogens is 2.